The zero-order chi connectivity index (χ0) is 22.2. The molecule has 19 heteroatoms. The second-order valence-electron chi connectivity index (χ2n) is 5.82. The zero-order valence-electron chi connectivity index (χ0n) is 14.4. The van der Waals surface area contributed by atoms with Crippen LogP contribution in [0, 0.1) is 6.92 Å². The molecular weight excluding hydrogens is 465 g/mol. The Hall–Kier alpha value is -0.990. The van der Waals surface area contributed by atoms with E-state index in [-0.39, 0.29) is 12.0 Å². The van der Waals surface area contributed by atoms with Gasteiger partial charge in [-0.2, -0.15) is 8.62 Å². The van der Waals surface area contributed by atoms with E-state index in [9.17, 15) is 33.3 Å². The quantitative estimate of drug-likeness (QED) is 0.239. The lowest BCUT2D eigenvalue weighted by Gasteiger charge is -2.19. The zero-order valence-corrected chi connectivity index (χ0v) is 17.1. The molecule has 0 spiro atoms. The number of hydrogen-bond donors (Lipinski definition) is 6. The average Bonchev–Trinajstić information content (AvgIpc) is 2.86. The van der Waals surface area contributed by atoms with E-state index in [2.05, 4.69) is 13.1 Å². The van der Waals surface area contributed by atoms with Crippen LogP contribution in [-0.4, -0.2) is 53.0 Å². The SMILES string of the molecule is Cc1cn([C@@H]2O[C@H](COP(=O)(O)OP(=O)(O)OP(=O)(O)O)C[C@H]2O)c(=O)[nH]c1=O. The molecular formula is C10H17N2O14P3. The van der Waals surface area contributed by atoms with Gasteiger partial charge in [-0.05, 0) is 6.92 Å². The normalized spacial score (nSPS) is 26.8. The Morgan fingerprint density at radius 1 is 1.17 bits per heavy atom. The summed E-state index contributed by atoms with van der Waals surface area (Å²) in [5.74, 6) is 0. The summed E-state index contributed by atoms with van der Waals surface area (Å²) in [5, 5.41) is 10.1. The summed E-state index contributed by atoms with van der Waals surface area (Å²) in [7, 11) is -16.5. The van der Waals surface area contributed by atoms with Crippen LogP contribution >= 0.6 is 23.5 Å². The molecule has 1 aromatic heterocycles. The Kier molecular flexibility index (Phi) is 7.23. The third kappa shape index (κ3) is 7.03. The van der Waals surface area contributed by atoms with Crippen molar-refractivity contribution in [2.75, 3.05) is 6.61 Å². The maximum absolute atomic E-state index is 11.9. The number of aliphatic hydroxyl groups is 1. The second kappa shape index (κ2) is 8.63. The van der Waals surface area contributed by atoms with Crippen molar-refractivity contribution < 1.29 is 56.3 Å². The van der Waals surface area contributed by atoms with Crippen LogP contribution in [0.25, 0.3) is 0 Å². The highest BCUT2D eigenvalue weighted by Crippen LogP contribution is 2.66. The minimum atomic E-state index is -5.66. The molecule has 2 heterocycles. The van der Waals surface area contributed by atoms with Crippen molar-refractivity contribution in [3.63, 3.8) is 0 Å². The van der Waals surface area contributed by atoms with E-state index in [1.165, 1.54) is 6.92 Å². The van der Waals surface area contributed by atoms with Crippen LogP contribution < -0.4 is 11.2 Å². The van der Waals surface area contributed by atoms with E-state index < -0.39 is 59.8 Å². The van der Waals surface area contributed by atoms with Crippen molar-refractivity contribution in [2.45, 2.75) is 31.8 Å². The Morgan fingerprint density at radius 2 is 1.79 bits per heavy atom. The number of ether oxygens (including phenoxy) is 1. The first kappa shape index (κ1) is 24.3. The van der Waals surface area contributed by atoms with Gasteiger partial charge in [-0.1, -0.05) is 0 Å². The fraction of sp³-hybridized carbons (Fsp3) is 0.600. The fourth-order valence-electron chi connectivity index (χ4n) is 2.34. The van der Waals surface area contributed by atoms with E-state index in [4.69, 9.17) is 19.4 Å². The standard InChI is InChI=1S/C10H17N2O14P3/c1-5-3-12(10(15)11-8(5)14)9-7(13)2-6(24-9)4-23-28(19,20)26-29(21,22)25-27(16,17)18/h3,6-7,9,13H,2,4H2,1H3,(H,19,20)(H,21,22)(H,11,14,15)(H2,16,17,18)/t6-,7+,9+/m0/s1. The van der Waals surface area contributed by atoms with Gasteiger partial charge in [0, 0.05) is 18.2 Å². The van der Waals surface area contributed by atoms with Gasteiger partial charge in [0.05, 0.1) is 12.7 Å². The predicted octanol–water partition coefficient (Wildman–Crippen LogP) is -1.16. The largest absolute Gasteiger partial charge is 0.490 e. The molecule has 0 aromatic carbocycles. The summed E-state index contributed by atoms with van der Waals surface area (Å²) in [6.07, 6.45) is -2.72. The van der Waals surface area contributed by atoms with Gasteiger partial charge in [0.1, 0.15) is 6.10 Å². The highest BCUT2D eigenvalue weighted by molar-refractivity contribution is 7.66. The second-order valence-corrected chi connectivity index (χ2v) is 10.2. The van der Waals surface area contributed by atoms with Crippen molar-refractivity contribution in [1.82, 2.24) is 9.55 Å². The molecule has 1 aliphatic rings. The molecule has 0 bridgehead atoms. The van der Waals surface area contributed by atoms with Crippen LogP contribution in [0.2, 0.25) is 0 Å². The highest BCUT2D eigenvalue weighted by Gasteiger charge is 2.42. The predicted molar refractivity (Wildman–Crippen MR) is 90.4 cm³/mol. The summed E-state index contributed by atoms with van der Waals surface area (Å²) in [6.45, 7) is 0.622. The number of aromatic amines is 1. The molecule has 1 fully saturated rings. The van der Waals surface area contributed by atoms with Gasteiger partial charge >= 0.3 is 29.2 Å². The fourth-order valence-corrected chi connectivity index (χ4v) is 5.39. The third-order valence-corrected chi connectivity index (χ3v) is 7.23. The third-order valence-electron chi connectivity index (χ3n) is 3.42. The Bertz CT molecular complexity index is 1010. The monoisotopic (exact) mass is 482 g/mol. The van der Waals surface area contributed by atoms with Crippen LogP contribution in [0.4, 0.5) is 0 Å². The molecule has 166 valence electrons. The molecule has 0 radical (unpaired) electrons. The molecule has 0 aliphatic carbocycles. The minimum Gasteiger partial charge on any atom is -0.388 e. The van der Waals surface area contributed by atoms with E-state index in [0.717, 1.165) is 10.8 Å². The van der Waals surface area contributed by atoms with Gasteiger partial charge in [0.25, 0.3) is 5.56 Å². The Labute approximate surface area is 161 Å². The first-order valence-corrected chi connectivity index (χ1v) is 12.0. The molecule has 1 aromatic rings. The molecule has 0 amide bonds. The molecule has 5 atom stereocenters. The number of H-pyrrole nitrogens is 1. The number of nitrogens with zero attached hydrogens (tertiary/aromatic N) is 1. The summed E-state index contributed by atoms with van der Waals surface area (Å²) in [6, 6.07) is 0. The van der Waals surface area contributed by atoms with Crippen molar-refractivity contribution >= 4 is 23.5 Å². The maximum atomic E-state index is 11.9. The molecule has 16 nitrogen and oxygen atoms in total. The number of aliphatic hydroxyl groups excluding tert-OH is 1. The van der Waals surface area contributed by atoms with Crippen LogP contribution in [-0.2, 0) is 31.6 Å². The van der Waals surface area contributed by atoms with E-state index >= 15 is 0 Å². The first-order chi connectivity index (χ1) is 13.1. The summed E-state index contributed by atoms with van der Waals surface area (Å²) in [4.78, 5) is 60.6. The lowest BCUT2D eigenvalue weighted by Crippen LogP contribution is -2.36. The van der Waals surface area contributed by atoms with Gasteiger partial charge in [0.15, 0.2) is 6.23 Å². The number of rotatable bonds is 8. The molecule has 29 heavy (non-hydrogen) atoms. The van der Waals surface area contributed by atoms with Crippen LogP contribution in [0.15, 0.2) is 15.8 Å². The highest BCUT2D eigenvalue weighted by atomic mass is 31.3. The minimum absolute atomic E-state index is 0.150. The maximum Gasteiger partial charge on any atom is 0.490 e. The van der Waals surface area contributed by atoms with E-state index in [1.807, 2.05) is 4.98 Å². The van der Waals surface area contributed by atoms with Crippen LogP contribution in [0.5, 0.6) is 0 Å². The summed E-state index contributed by atoms with van der Waals surface area (Å²) >= 11 is 0. The van der Waals surface area contributed by atoms with Crippen molar-refractivity contribution in [3.05, 3.63) is 32.6 Å². The average molecular weight is 482 g/mol. The Balaban J connectivity index is 2.02. The topological polar surface area (TPSA) is 244 Å². The van der Waals surface area contributed by atoms with Gasteiger partial charge in [-0.3, -0.25) is 18.9 Å². The van der Waals surface area contributed by atoms with Crippen LogP contribution in [0.3, 0.4) is 0 Å². The van der Waals surface area contributed by atoms with Crippen molar-refractivity contribution in [3.8, 4) is 0 Å². The van der Waals surface area contributed by atoms with Gasteiger partial charge in [0.2, 0.25) is 0 Å². The number of aryl methyl sites for hydroxylation is 1. The van der Waals surface area contributed by atoms with Crippen molar-refractivity contribution in [2.24, 2.45) is 0 Å². The van der Waals surface area contributed by atoms with Gasteiger partial charge in [-0.25, -0.2) is 18.5 Å². The molecule has 2 unspecified atom stereocenters. The number of nitrogens with one attached hydrogen (secondary N) is 1. The number of phosphoric acid groups is 3. The lowest BCUT2D eigenvalue weighted by atomic mass is 10.2. The van der Waals surface area contributed by atoms with Gasteiger partial charge in [-0.15, -0.1) is 0 Å². The first-order valence-electron chi connectivity index (χ1n) is 7.52. The summed E-state index contributed by atoms with van der Waals surface area (Å²) in [5.41, 5.74) is -1.36. The molecule has 6 N–H and O–H groups in total. The molecule has 2 rings (SSSR count). The number of aromatic nitrogens is 2. The van der Waals surface area contributed by atoms with E-state index in [1.54, 1.807) is 0 Å². The number of phosphoric ester groups is 1. The van der Waals surface area contributed by atoms with Crippen molar-refractivity contribution in [1.29, 1.82) is 0 Å². The van der Waals surface area contributed by atoms with Crippen LogP contribution in [0.1, 0.15) is 18.2 Å². The molecule has 0 saturated carbocycles. The van der Waals surface area contributed by atoms with Gasteiger partial charge < -0.3 is 29.4 Å². The molecule has 1 saturated heterocycles. The number of hydrogen-bond acceptors (Lipinski definition) is 10. The summed E-state index contributed by atoms with van der Waals surface area (Å²) < 4.78 is 51.2. The molecule has 1 aliphatic heterocycles. The van der Waals surface area contributed by atoms with E-state index in [0.29, 0.717) is 0 Å². The smallest absolute Gasteiger partial charge is 0.388 e. The Morgan fingerprint density at radius 3 is 2.38 bits per heavy atom. The lowest BCUT2D eigenvalue weighted by molar-refractivity contribution is -0.0525.